The molecular weight excluding hydrogens is 471 g/mol. The zero-order valence-electron chi connectivity index (χ0n) is 21.3. The SMILES string of the molecule is Cc1cc(Cc2cc(C)[nH]n2)nc(C2CCC(C(=O)N[C@@H](C)c3ccc(-n4cc(F)cn4)nc3)CC2)n1. The van der Waals surface area contributed by atoms with Crippen LogP contribution in [-0.4, -0.2) is 40.8 Å². The Kier molecular flexibility index (Phi) is 7.07. The Balaban J connectivity index is 1.16. The van der Waals surface area contributed by atoms with Crippen molar-refractivity contribution in [2.45, 2.75) is 64.8 Å². The van der Waals surface area contributed by atoms with Crippen LogP contribution in [0.3, 0.4) is 0 Å². The predicted octanol–water partition coefficient (Wildman–Crippen LogP) is 4.28. The summed E-state index contributed by atoms with van der Waals surface area (Å²) in [5, 5.41) is 14.4. The van der Waals surface area contributed by atoms with Gasteiger partial charge in [0, 0.05) is 35.8 Å². The summed E-state index contributed by atoms with van der Waals surface area (Å²) in [4.78, 5) is 26.9. The number of aromatic amines is 1. The standard InChI is InChI=1S/C27H31FN8O/c1-16-10-23(12-24-11-17(2)34-35-24)33-26(31-16)19-4-6-20(7-5-19)27(37)32-18(3)21-8-9-25(29-13-21)36-15-22(28)14-30-36/h8-11,13-15,18-20H,4-7,12H2,1-3H3,(H,32,37)(H,34,35)/t18-,19?,20?/m0/s1. The van der Waals surface area contributed by atoms with E-state index in [1.54, 1.807) is 12.3 Å². The summed E-state index contributed by atoms with van der Waals surface area (Å²) in [6.07, 6.45) is 8.14. The van der Waals surface area contributed by atoms with Gasteiger partial charge in [-0.05, 0) is 70.2 Å². The minimum Gasteiger partial charge on any atom is -0.349 e. The van der Waals surface area contributed by atoms with Crippen molar-refractivity contribution in [1.82, 2.24) is 40.2 Å². The molecule has 0 saturated heterocycles. The third kappa shape index (κ3) is 5.90. The average Bonchev–Trinajstić information content (AvgIpc) is 3.51. The van der Waals surface area contributed by atoms with Gasteiger partial charge in [0.15, 0.2) is 11.6 Å². The predicted molar refractivity (Wildman–Crippen MR) is 135 cm³/mol. The summed E-state index contributed by atoms with van der Waals surface area (Å²) >= 11 is 0. The highest BCUT2D eigenvalue weighted by Crippen LogP contribution is 2.35. The van der Waals surface area contributed by atoms with Gasteiger partial charge in [-0.25, -0.2) is 24.0 Å². The van der Waals surface area contributed by atoms with Crippen LogP contribution in [0.1, 0.15) is 78.7 Å². The number of aryl methyl sites for hydroxylation is 2. The fourth-order valence-electron chi connectivity index (χ4n) is 4.93. The van der Waals surface area contributed by atoms with E-state index in [-0.39, 0.29) is 23.8 Å². The molecule has 4 aromatic rings. The number of H-pyrrole nitrogens is 1. The molecule has 1 atom stereocenters. The van der Waals surface area contributed by atoms with Gasteiger partial charge in [0.25, 0.3) is 0 Å². The number of carbonyl (C=O) groups excluding carboxylic acids is 1. The number of halogens is 1. The van der Waals surface area contributed by atoms with Crippen LogP contribution in [0.15, 0.2) is 42.9 Å². The molecule has 0 aromatic carbocycles. The molecule has 5 rings (SSSR count). The normalized spacial score (nSPS) is 18.5. The summed E-state index contributed by atoms with van der Waals surface area (Å²) < 4.78 is 14.6. The fourth-order valence-corrected chi connectivity index (χ4v) is 4.93. The maximum Gasteiger partial charge on any atom is 0.223 e. The zero-order chi connectivity index (χ0) is 25.9. The number of hydrogen-bond donors (Lipinski definition) is 2. The van der Waals surface area contributed by atoms with Crippen molar-refractivity contribution >= 4 is 5.91 Å². The maximum atomic E-state index is 13.2. The number of nitrogens with one attached hydrogen (secondary N) is 2. The molecule has 1 fully saturated rings. The third-order valence-electron chi connectivity index (χ3n) is 6.92. The molecule has 1 aliphatic carbocycles. The number of nitrogens with zero attached hydrogens (tertiary/aromatic N) is 6. The molecule has 0 spiro atoms. The molecular formula is C27H31FN8O. The largest absolute Gasteiger partial charge is 0.349 e. The Bertz CT molecular complexity index is 1370. The molecule has 0 unspecified atom stereocenters. The van der Waals surface area contributed by atoms with Gasteiger partial charge in [-0.3, -0.25) is 9.89 Å². The average molecular weight is 503 g/mol. The summed E-state index contributed by atoms with van der Waals surface area (Å²) in [5.41, 5.74) is 4.81. The van der Waals surface area contributed by atoms with E-state index in [1.807, 2.05) is 39.0 Å². The van der Waals surface area contributed by atoms with Crippen LogP contribution < -0.4 is 5.32 Å². The molecule has 0 aliphatic heterocycles. The Morgan fingerprint density at radius 1 is 1.14 bits per heavy atom. The molecule has 0 radical (unpaired) electrons. The van der Waals surface area contributed by atoms with Crippen molar-refractivity contribution in [3.05, 3.63) is 82.8 Å². The number of amides is 1. The molecule has 192 valence electrons. The van der Waals surface area contributed by atoms with E-state index >= 15 is 0 Å². The van der Waals surface area contributed by atoms with Crippen molar-refractivity contribution < 1.29 is 9.18 Å². The fraction of sp³-hybridized carbons (Fsp3) is 0.407. The highest BCUT2D eigenvalue weighted by molar-refractivity contribution is 5.79. The van der Waals surface area contributed by atoms with E-state index in [2.05, 4.69) is 25.6 Å². The number of aromatic nitrogens is 7. The Hall–Kier alpha value is -3.95. The minimum absolute atomic E-state index is 0.0331. The smallest absolute Gasteiger partial charge is 0.223 e. The van der Waals surface area contributed by atoms with E-state index in [0.717, 1.165) is 66.0 Å². The molecule has 9 nitrogen and oxygen atoms in total. The monoisotopic (exact) mass is 502 g/mol. The summed E-state index contributed by atoms with van der Waals surface area (Å²) in [6, 6.07) is 7.50. The molecule has 4 heterocycles. The van der Waals surface area contributed by atoms with Crippen LogP contribution in [-0.2, 0) is 11.2 Å². The van der Waals surface area contributed by atoms with Crippen molar-refractivity contribution in [1.29, 1.82) is 0 Å². The quantitative estimate of drug-likeness (QED) is 0.390. The topological polar surface area (TPSA) is 114 Å². The van der Waals surface area contributed by atoms with Crippen LogP contribution in [0.5, 0.6) is 0 Å². The number of carbonyl (C=O) groups is 1. The van der Waals surface area contributed by atoms with Crippen molar-refractivity contribution in [3.8, 4) is 5.82 Å². The lowest BCUT2D eigenvalue weighted by atomic mass is 9.81. The number of rotatable bonds is 7. The number of hydrogen-bond acceptors (Lipinski definition) is 6. The molecule has 4 aromatic heterocycles. The highest BCUT2D eigenvalue weighted by atomic mass is 19.1. The van der Waals surface area contributed by atoms with Crippen molar-refractivity contribution in [3.63, 3.8) is 0 Å². The molecule has 10 heteroatoms. The lowest BCUT2D eigenvalue weighted by Gasteiger charge is -2.28. The van der Waals surface area contributed by atoms with Crippen molar-refractivity contribution in [2.75, 3.05) is 0 Å². The van der Waals surface area contributed by atoms with E-state index in [9.17, 15) is 9.18 Å². The second-order valence-electron chi connectivity index (χ2n) is 9.91. The summed E-state index contributed by atoms with van der Waals surface area (Å²) in [5.74, 6) is 1.26. The first-order valence-corrected chi connectivity index (χ1v) is 12.7. The van der Waals surface area contributed by atoms with Gasteiger partial charge in [-0.15, -0.1) is 0 Å². The van der Waals surface area contributed by atoms with Gasteiger partial charge in [0.05, 0.1) is 29.8 Å². The van der Waals surface area contributed by atoms with Gasteiger partial charge < -0.3 is 5.32 Å². The van der Waals surface area contributed by atoms with Crippen LogP contribution in [0, 0.1) is 25.6 Å². The van der Waals surface area contributed by atoms with Crippen LogP contribution >= 0.6 is 0 Å². The first kappa shape index (κ1) is 24.7. The van der Waals surface area contributed by atoms with E-state index in [0.29, 0.717) is 12.2 Å². The van der Waals surface area contributed by atoms with Gasteiger partial charge in [-0.2, -0.15) is 10.2 Å². The van der Waals surface area contributed by atoms with E-state index in [1.165, 1.54) is 10.9 Å². The van der Waals surface area contributed by atoms with Gasteiger partial charge in [0.2, 0.25) is 5.91 Å². The Morgan fingerprint density at radius 2 is 1.95 bits per heavy atom. The second kappa shape index (κ2) is 10.6. The first-order valence-electron chi connectivity index (χ1n) is 12.7. The van der Waals surface area contributed by atoms with Crippen molar-refractivity contribution in [2.24, 2.45) is 5.92 Å². The number of pyridine rings is 1. The Labute approximate surface area is 215 Å². The zero-order valence-corrected chi connectivity index (χ0v) is 21.3. The van der Waals surface area contributed by atoms with Crippen LogP contribution in [0.25, 0.3) is 5.82 Å². The van der Waals surface area contributed by atoms with Gasteiger partial charge in [0.1, 0.15) is 5.82 Å². The lowest BCUT2D eigenvalue weighted by molar-refractivity contribution is -0.126. The molecule has 37 heavy (non-hydrogen) atoms. The third-order valence-corrected chi connectivity index (χ3v) is 6.92. The van der Waals surface area contributed by atoms with Gasteiger partial charge >= 0.3 is 0 Å². The molecule has 2 N–H and O–H groups in total. The molecule has 1 saturated carbocycles. The molecule has 1 amide bonds. The summed E-state index contributed by atoms with van der Waals surface area (Å²) in [7, 11) is 0. The molecule has 0 bridgehead atoms. The maximum absolute atomic E-state index is 13.2. The van der Waals surface area contributed by atoms with Crippen LogP contribution in [0.2, 0.25) is 0 Å². The summed E-state index contributed by atoms with van der Waals surface area (Å²) in [6.45, 7) is 5.93. The second-order valence-corrected chi connectivity index (χ2v) is 9.91. The first-order chi connectivity index (χ1) is 17.8. The van der Waals surface area contributed by atoms with E-state index < -0.39 is 5.82 Å². The highest BCUT2D eigenvalue weighted by Gasteiger charge is 2.29. The minimum atomic E-state index is -0.417. The van der Waals surface area contributed by atoms with Crippen LogP contribution in [0.4, 0.5) is 4.39 Å². The lowest BCUT2D eigenvalue weighted by Crippen LogP contribution is -2.34. The van der Waals surface area contributed by atoms with Gasteiger partial charge in [-0.1, -0.05) is 6.07 Å². The Morgan fingerprint density at radius 3 is 2.59 bits per heavy atom. The molecule has 1 aliphatic rings. The van der Waals surface area contributed by atoms with E-state index in [4.69, 9.17) is 9.97 Å².